The summed E-state index contributed by atoms with van der Waals surface area (Å²) in [6.07, 6.45) is -2.39. The van der Waals surface area contributed by atoms with Crippen LogP contribution in [-0.2, 0) is 20.4 Å². The molecular formula is C17H21N6O7P. The fourth-order valence-corrected chi connectivity index (χ4v) is 3.60. The number of benzene rings is 1. The Bertz CT molecular complexity index is 1100. The molecule has 0 saturated carbocycles. The average molecular weight is 452 g/mol. The van der Waals surface area contributed by atoms with Gasteiger partial charge in [0.05, 0.1) is 12.9 Å². The second-order valence-electron chi connectivity index (χ2n) is 6.97. The number of phosphoric acid groups is 1. The van der Waals surface area contributed by atoms with Crippen LogP contribution in [0.15, 0.2) is 36.9 Å². The Morgan fingerprint density at radius 3 is 2.61 bits per heavy atom. The van der Waals surface area contributed by atoms with Gasteiger partial charge in [0.15, 0.2) is 23.2 Å². The van der Waals surface area contributed by atoms with E-state index < -0.39 is 39.0 Å². The predicted octanol–water partition coefficient (Wildman–Crippen LogP) is -0.251. The molecule has 1 aliphatic rings. The van der Waals surface area contributed by atoms with Crippen LogP contribution in [0.3, 0.4) is 0 Å². The lowest BCUT2D eigenvalue weighted by molar-refractivity contribution is -0.0504. The molecule has 0 amide bonds. The SMILES string of the molecule is Nc1ccc(CNc2ncnc3c2ncn3C2OC(COP(=O)(O)O)C(O)C2O)cc1. The number of imidazole rings is 1. The van der Waals surface area contributed by atoms with E-state index >= 15 is 0 Å². The van der Waals surface area contributed by atoms with Crippen molar-refractivity contribution in [3.63, 3.8) is 0 Å². The molecule has 3 aromatic rings. The van der Waals surface area contributed by atoms with Gasteiger partial charge in [-0.1, -0.05) is 12.1 Å². The van der Waals surface area contributed by atoms with E-state index in [0.29, 0.717) is 29.2 Å². The number of nitrogens with one attached hydrogen (secondary N) is 1. The summed E-state index contributed by atoms with van der Waals surface area (Å²) in [5, 5.41) is 23.7. The molecule has 0 spiro atoms. The number of nitrogens with two attached hydrogens (primary N) is 1. The Balaban J connectivity index is 1.53. The summed E-state index contributed by atoms with van der Waals surface area (Å²) in [6, 6.07) is 7.34. The number of nitrogens with zero attached hydrogens (tertiary/aromatic N) is 4. The number of aromatic nitrogens is 4. The van der Waals surface area contributed by atoms with Crippen molar-refractivity contribution in [3.05, 3.63) is 42.5 Å². The first-order valence-electron chi connectivity index (χ1n) is 9.20. The first-order chi connectivity index (χ1) is 14.7. The van der Waals surface area contributed by atoms with Crippen LogP contribution in [0.4, 0.5) is 11.5 Å². The van der Waals surface area contributed by atoms with Crippen LogP contribution < -0.4 is 11.1 Å². The molecule has 1 fully saturated rings. The highest BCUT2D eigenvalue weighted by atomic mass is 31.2. The summed E-state index contributed by atoms with van der Waals surface area (Å²) < 4.78 is 22.3. The zero-order valence-electron chi connectivity index (χ0n) is 16.0. The highest BCUT2D eigenvalue weighted by molar-refractivity contribution is 7.46. The van der Waals surface area contributed by atoms with Crippen molar-refractivity contribution in [1.29, 1.82) is 0 Å². The lowest BCUT2D eigenvalue weighted by Gasteiger charge is -2.16. The van der Waals surface area contributed by atoms with Crippen molar-refractivity contribution in [2.45, 2.75) is 31.1 Å². The number of ether oxygens (including phenoxy) is 1. The Labute approximate surface area is 175 Å². The number of hydrogen-bond donors (Lipinski definition) is 6. The third-order valence-corrected chi connectivity index (χ3v) is 5.30. The van der Waals surface area contributed by atoms with E-state index in [1.165, 1.54) is 17.2 Å². The monoisotopic (exact) mass is 452 g/mol. The normalized spacial score (nSPS) is 24.0. The minimum atomic E-state index is -4.75. The summed E-state index contributed by atoms with van der Waals surface area (Å²) in [5.41, 5.74) is 8.08. The van der Waals surface area contributed by atoms with E-state index in [1.54, 1.807) is 12.1 Å². The highest BCUT2D eigenvalue weighted by Crippen LogP contribution is 2.39. The Kier molecular flexibility index (Phi) is 5.90. The van der Waals surface area contributed by atoms with Gasteiger partial charge in [-0.3, -0.25) is 9.09 Å². The molecule has 0 aliphatic carbocycles. The molecule has 166 valence electrons. The number of nitrogen functional groups attached to an aromatic ring is 1. The van der Waals surface area contributed by atoms with E-state index in [4.69, 9.17) is 20.3 Å². The Morgan fingerprint density at radius 2 is 1.90 bits per heavy atom. The standard InChI is InChI=1S/C17H21N6O7P/c18-10-3-1-9(2-4-10)5-19-15-12-16(21-7-20-15)23(8-22-12)17-14(25)13(24)11(30-17)6-29-31(26,27)28/h1-4,7-8,11,13-14,17,24-25H,5-6,18H2,(H,19,20,21)(H2,26,27,28). The number of fused-ring (bicyclic) bond motifs is 1. The smallest absolute Gasteiger partial charge is 0.399 e. The van der Waals surface area contributed by atoms with Gasteiger partial charge in [-0.25, -0.2) is 19.5 Å². The second kappa shape index (κ2) is 8.48. The highest BCUT2D eigenvalue weighted by Gasteiger charge is 2.45. The van der Waals surface area contributed by atoms with Crippen molar-refractivity contribution >= 4 is 30.5 Å². The topological polar surface area (TPSA) is 198 Å². The Hall–Kier alpha value is -2.64. The van der Waals surface area contributed by atoms with Gasteiger partial charge in [-0.2, -0.15) is 0 Å². The zero-order chi connectivity index (χ0) is 22.2. The minimum absolute atomic E-state index is 0.336. The lowest BCUT2D eigenvalue weighted by atomic mass is 10.1. The van der Waals surface area contributed by atoms with Gasteiger partial charge in [-0.15, -0.1) is 0 Å². The number of hydrogen-bond acceptors (Lipinski definition) is 10. The molecule has 0 bridgehead atoms. The lowest BCUT2D eigenvalue weighted by Crippen LogP contribution is -2.33. The van der Waals surface area contributed by atoms with Gasteiger partial charge in [0.1, 0.15) is 24.6 Å². The van der Waals surface area contributed by atoms with Gasteiger partial charge in [0, 0.05) is 12.2 Å². The maximum Gasteiger partial charge on any atom is 0.469 e. The van der Waals surface area contributed by atoms with E-state index in [0.717, 1.165) is 5.56 Å². The molecular weight excluding hydrogens is 431 g/mol. The molecule has 4 atom stereocenters. The molecule has 3 heterocycles. The van der Waals surface area contributed by atoms with Gasteiger partial charge in [0.2, 0.25) is 0 Å². The van der Waals surface area contributed by atoms with Gasteiger partial charge in [0.25, 0.3) is 0 Å². The summed E-state index contributed by atoms with van der Waals surface area (Å²) in [7, 11) is -4.75. The molecule has 4 rings (SSSR count). The van der Waals surface area contributed by atoms with Crippen LogP contribution in [0.2, 0.25) is 0 Å². The largest absolute Gasteiger partial charge is 0.469 e. The van der Waals surface area contributed by atoms with Gasteiger partial charge >= 0.3 is 7.82 Å². The van der Waals surface area contributed by atoms with Crippen molar-refractivity contribution in [3.8, 4) is 0 Å². The summed E-state index contributed by atoms with van der Waals surface area (Å²) in [5.74, 6) is 0.454. The fourth-order valence-electron chi connectivity index (χ4n) is 3.26. The summed E-state index contributed by atoms with van der Waals surface area (Å²) >= 11 is 0. The van der Waals surface area contributed by atoms with Crippen molar-refractivity contribution in [2.75, 3.05) is 17.7 Å². The second-order valence-corrected chi connectivity index (χ2v) is 8.21. The number of aliphatic hydroxyl groups is 2. The number of aliphatic hydroxyl groups excluding tert-OH is 2. The van der Waals surface area contributed by atoms with Crippen LogP contribution >= 0.6 is 7.82 Å². The molecule has 13 nitrogen and oxygen atoms in total. The maximum absolute atomic E-state index is 10.9. The number of rotatable bonds is 7. The minimum Gasteiger partial charge on any atom is -0.399 e. The predicted molar refractivity (Wildman–Crippen MR) is 107 cm³/mol. The maximum atomic E-state index is 10.9. The van der Waals surface area contributed by atoms with E-state index in [-0.39, 0.29) is 0 Å². The van der Waals surface area contributed by atoms with E-state index in [1.807, 2.05) is 12.1 Å². The van der Waals surface area contributed by atoms with Crippen LogP contribution in [0, 0.1) is 0 Å². The van der Waals surface area contributed by atoms with Crippen molar-refractivity contribution in [1.82, 2.24) is 19.5 Å². The first kappa shape index (κ1) is 21.6. The van der Waals surface area contributed by atoms with Crippen LogP contribution in [-0.4, -0.2) is 64.4 Å². The number of anilines is 2. The van der Waals surface area contributed by atoms with Crippen molar-refractivity contribution < 1.29 is 33.8 Å². The van der Waals surface area contributed by atoms with Crippen LogP contribution in [0.25, 0.3) is 11.2 Å². The summed E-state index contributed by atoms with van der Waals surface area (Å²) in [4.78, 5) is 30.4. The average Bonchev–Trinajstić information content (AvgIpc) is 3.27. The quantitative estimate of drug-likeness (QED) is 0.203. The van der Waals surface area contributed by atoms with Gasteiger partial charge in [-0.05, 0) is 17.7 Å². The number of phosphoric ester groups is 1. The molecule has 7 N–H and O–H groups in total. The molecule has 14 heteroatoms. The molecule has 4 unspecified atom stereocenters. The van der Waals surface area contributed by atoms with E-state index in [9.17, 15) is 14.8 Å². The van der Waals surface area contributed by atoms with Gasteiger partial charge < -0.3 is 35.8 Å². The third kappa shape index (κ3) is 4.67. The van der Waals surface area contributed by atoms with Crippen LogP contribution in [0.5, 0.6) is 0 Å². The third-order valence-electron chi connectivity index (χ3n) is 4.82. The molecule has 31 heavy (non-hydrogen) atoms. The molecule has 2 aromatic heterocycles. The molecule has 0 radical (unpaired) electrons. The first-order valence-corrected chi connectivity index (χ1v) is 10.7. The molecule has 1 aliphatic heterocycles. The molecule has 1 saturated heterocycles. The van der Waals surface area contributed by atoms with Crippen LogP contribution in [0.1, 0.15) is 11.8 Å². The van der Waals surface area contributed by atoms with E-state index in [2.05, 4.69) is 24.8 Å². The molecule has 1 aromatic carbocycles. The fraction of sp³-hybridized carbons (Fsp3) is 0.353. The summed E-state index contributed by atoms with van der Waals surface area (Å²) in [6.45, 7) is -0.142. The Morgan fingerprint density at radius 1 is 1.16 bits per heavy atom. The van der Waals surface area contributed by atoms with Crippen molar-refractivity contribution in [2.24, 2.45) is 0 Å². The zero-order valence-corrected chi connectivity index (χ0v) is 16.9.